The first-order chi connectivity index (χ1) is 58.6. The van der Waals surface area contributed by atoms with Gasteiger partial charge >= 0.3 is 0 Å². The summed E-state index contributed by atoms with van der Waals surface area (Å²) in [5, 5.41) is 20.5. The van der Waals surface area contributed by atoms with Gasteiger partial charge in [-0.15, -0.1) is 0 Å². The molecule has 0 unspecified atom stereocenters. The van der Waals surface area contributed by atoms with Gasteiger partial charge < -0.3 is 89.3 Å². The van der Waals surface area contributed by atoms with Crippen LogP contribution in [0, 0.1) is 16.2 Å². The highest BCUT2D eigenvalue weighted by atomic mass is 16.6. The fourth-order valence-corrected chi connectivity index (χ4v) is 16.5. The molecular weight excluding hydrogens is 1540 g/mol. The van der Waals surface area contributed by atoms with Crippen LogP contribution in [0.25, 0.3) is 0 Å². The van der Waals surface area contributed by atoms with Gasteiger partial charge in [-0.2, -0.15) is 0 Å². The van der Waals surface area contributed by atoms with Crippen LogP contribution >= 0.6 is 0 Å². The van der Waals surface area contributed by atoms with Crippen molar-refractivity contribution in [1.29, 1.82) is 0 Å². The lowest BCUT2D eigenvalue weighted by atomic mass is 9.71. The third kappa shape index (κ3) is 60.4. The molecule has 0 aliphatic heterocycles. The van der Waals surface area contributed by atoms with Gasteiger partial charge in [0.2, 0.25) is 41.4 Å². The summed E-state index contributed by atoms with van der Waals surface area (Å²) in [7, 11) is 0. The third-order valence-electron chi connectivity index (χ3n) is 23.7. The number of carbonyl (C=O) groups is 7. The van der Waals surface area contributed by atoms with Gasteiger partial charge in [-0.1, -0.05) is 152 Å². The Bertz CT molecular complexity index is 2810. The predicted molar refractivity (Wildman–Crippen MR) is 482 cm³/mol. The fourth-order valence-electron chi connectivity index (χ4n) is 16.5. The quantitative estimate of drug-likeness (QED) is 0.0220. The molecule has 1 atom stereocenters. The van der Waals surface area contributed by atoms with Crippen LogP contribution in [0.2, 0.25) is 0 Å². The van der Waals surface area contributed by atoms with Gasteiger partial charge in [0.25, 0.3) is 0 Å². The van der Waals surface area contributed by atoms with Crippen LogP contribution in [-0.4, -0.2) is 232 Å². The van der Waals surface area contributed by atoms with Crippen molar-refractivity contribution in [3.05, 3.63) is 33.4 Å². The summed E-state index contributed by atoms with van der Waals surface area (Å²) in [4.78, 5) is 88.1. The van der Waals surface area contributed by atoms with Crippen molar-refractivity contribution >= 4 is 41.4 Å². The molecule has 0 aromatic carbocycles. The molecule has 7 amide bonds. The maximum absolute atomic E-state index is 13.5. The van der Waals surface area contributed by atoms with Gasteiger partial charge in [-0.3, -0.25) is 33.6 Å². The summed E-state index contributed by atoms with van der Waals surface area (Å²) in [6.45, 7) is 33.0. The zero-order valence-corrected chi connectivity index (χ0v) is 77.9. The first kappa shape index (κ1) is 110. The molecule has 0 bridgehead atoms. The van der Waals surface area contributed by atoms with Gasteiger partial charge in [-0.05, 0) is 198 Å². The highest BCUT2D eigenvalue weighted by Crippen LogP contribution is 2.45. The molecule has 702 valence electrons. The van der Waals surface area contributed by atoms with Gasteiger partial charge in [0.1, 0.15) is 6.04 Å². The maximum Gasteiger partial charge on any atom is 0.242 e. The molecule has 0 saturated heterocycles. The van der Waals surface area contributed by atoms with E-state index in [4.69, 9.17) is 52.1 Å². The van der Waals surface area contributed by atoms with Gasteiger partial charge in [-0.25, -0.2) is 0 Å². The molecule has 25 heteroatoms. The number of allylic oxidation sites excluding steroid dienone is 6. The molecule has 0 fully saturated rings. The first-order valence-corrected chi connectivity index (χ1v) is 47.9. The van der Waals surface area contributed by atoms with Gasteiger partial charge in [0.05, 0.1) is 125 Å². The highest BCUT2D eigenvalue weighted by Gasteiger charge is 2.30. The summed E-state index contributed by atoms with van der Waals surface area (Å²) in [5.74, 6) is -0.631. The first-order valence-electron chi connectivity index (χ1n) is 47.9. The molecule has 0 aromatic rings. The Balaban J connectivity index is 1.02. The van der Waals surface area contributed by atoms with Crippen LogP contribution in [0.3, 0.4) is 0 Å². The summed E-state index contributed by atoms with van der Waals surface area (Å²) >= 11 is 0. The molecule has 0 heterocycles. The fraction of sp³-hybridized carbons (Fsp3) is 0.865. The minimum atomic E-state index is -0.633. The molecule has 0 aromatic heterocycles. The Morgan fingerprint density at radius 1 is 0.264 bits per heavy atom. The minimum absolute atomic E-state index is 0.00621. The second-order valence-electron chi connectivity index (χ2n) is 35.6. The normalized spacial score (nSPS) is 15.4. The van der Waals surface area contributed by atoms with Crippen LogP contribution < -0.4 is 37.2 Å². The summed E-state index contributed by atoms with van der Waals surface area (Å²) < 4.78 is 61.5. The standard InChI is InChI=1S/C96H175N7O18/c1-80-37-30-49-94(4,5)83(80)40-22-16-10-13-19-25-44-87(104)97-52-29-28-43-86(103-91(108)46-27-21-15-12-18-24-42-85-82(3)39-32-51-96(85,8)9)93(110)101-56-36-60-114-66-72-118-70-64-112-58-34-54-99-90(107)48-62-116-68-74-120-76-78-121-77-75-119-73-67-115-61-47-89(106)98-53-33-57-111-63-69-117-71-65-113-59-35-55-100-92(109)79-102-88(105)45-26-20-14-11-17-23-41-84-81(2)38-31-50-95(84,6)7/h86H,10-79H2,1-9H3,(H,97,104)(H,98,106)(H,99,107)(H,100,109)(H,101,110)(H,102,105)(H,103,108)/t86-/m0/s1. The van der Waals surface area contributed by atoms with Crippen molar-refractivity contribution in [2.45, 2.75) is 338 Å². The van der Waals surface area contributed by atoms with Gasteiger partial charge in [0, 0.05) is 91.3 Å². The Hall–Kier alpha value is -4.93. The van der Waals surface area contributed by atoms with Crippen LogP contribution in [0.5, 0.6) is 0 Å². The van der Waals surface area contributed by atoms with Crippen molar-refractivity contribution in [2.24, 2.45) is 16.2 Å². The van der Waals surface area contributed by atoms with E-state index in [0.717, 1.165) is 57.8 Å². The Kier molecular flexibility index (Phi) is 66.6. The zero-order valence-electron chi connectivity index (χ0n) is 77.9. The highest BCUT2D eigenvalue weighted by molar-refractivity contribution is 5.87. The molecule has 3 aliphatic rings. The van der Waals surface area contributed by atoms with Crippen LogP contribution in [0.15, 0.2) is 33.4 Å². The second kappa shape index (κ2) is 73.1. The van der Waals surface area contributed by atoms with Crippen LogP contribution in [0.1, 0.15) is 332 Å². The third-order valence-corrected chi connectivity index (χ3v) is 23.7. The van der Waals surface area contributed by atoms with Crippen molar-refractivity contribution < 1.29 is 85.7 Å². The molecule has 0 radical (unpaired) electrons. The lowest BCUT2D eigenvalue weighted by molar-refractivity contribution is -0.129. The molecular formula is C96H175N7O18. The average Bonchev–Trinajstić information content (AvgIpc) is 0.835. The van der Waals surface area contributed by atoms with Crippen LogP contribution in [0.4, 0.5) is 0 Å². The van der Waals surface area contributed by atoms with E-state index in [0.29, 0.717) is 252 Å². The monoisotopic (exact) mass is 1710 g/mol. The molecule has 3 aliphatic carbocycles. The van der Waals surface area contributed by atoms with E-state index >= 15 is 0 Å². The molecule has 0 saturated carbocycles. The summed E-state index contributed by atoms with van der Waals surface area (Å²) in [5.41, 5.74) is 10.9. The van der Waals surface area contributed by atoms with Crippen molar-refractivity contribution in [3.8, 4) is 0 Å². The zero-order chi connectivity index (χ0) is 87.8. The number of unbranched alkanes of at least 4 members (excludes halogenated alkanes) is 16. The molecule has 7 N–H and O–H groups in total. The van der Waals surface area contributed by atoms with E-state index in [9.17, 15) is 33.6 Å². The SMILES string of the molecule is CC1=C(CCCCCCCCC(=O)NCCCC[C@H](NC(=O)CCCCCCCCC2=C(C)CCCC2(C)C)C(=O)NCCCOCCOCCOCCCNC(=O)CCOCCOCCOCCOCCOCCC(=O)NCCCOCCOCCOCCCNC(=O)CNC(=O)CCCCCCCCC2=C(C)CCCC2(C)C)C(C)(C)CCC1. The van der Waals surface area contributed by atoms with E-state index in [-0.39, 0.29) is 60.7 Å². The number of rotatable bonds is 82. The lowest BCUT2D eigenvalue weighted by Crippen LogP contribution is -2.47. The van der Waals surface area contributed by atoms with E-state index in [1.54, 1.807) is 33.4 Å². The summed E-state index contributed by atoms with van der Waals surface area (Å²) in [6.07, 6.45) is 41.9. The Morgan fingerprint density at radius 2 is 0.521 bits per heavy atom. The van der Waals surface area contributed by atoms with Crippen molar-refractivity contribution in [2.75, 3.05) is 185 Å². The number of hydrogen-bond acceptors (Lipinski definition) is 18. The molecule has 0 spiro atoms. The average molecular weight is 1720 g/mol. The van der Waals surface area contributed by atoms with Crippen LogP contribution in [-0.2, 0) is 85.7 Å². The lowest BCUT2D eigenvalue weighted by Gasteiger charge is -2.34. The van der Waals surface area contributed by atoms with E-state index < -0.39 is 6.04 Å². The number of amides is 7. The number of hydrogen-bond donors (Lipinski definition) is 7. The maximum atomic E-state index is 13.5. The van der Waals surface area contributed by atoms with Crippen molar-refractivity contribution in [3.63, 3.8) is 0 Å². The number of nitrogens with one attached hydrogen (secondary N) is 7. The molecule has 25 nitrogen and oxygen atoms in total. The Labute approximate surface area is 733 Å². The predicted octanol–water partition coefficient (Wildman–Crippen LogP) is 15.8. The second-order valence-corrected chi connectivity index (χ2v) is 35.6. The number of ether oxygens (including phenoxy) is 11. The molecule has 121 heavy (non-hydrogen) atoms. The topological polar surface area (TPSA) is 305 Å². The largest absolute Gasteiger partial charge is 0.379 e. The minimum Gasteiger partial charge on any atom is -0.379 e. The van der Waals surface area contributed by atoms with E-state index in [2.05, 4.69) is 99.5 Å². The Morgan fingerprint density at radius 3 is 0.851 bits per heavy atom. The number of carbonyl (C=O) groups excluding carboxylic acids is 7. The van der Waals surface area contributed by atoms with E-state index in [1.807, 2.05) is 0 Å². The smallest absolute Gasteiger partial charge is 0.242 e. The van der Waals surface area contributed by atoms with Gasteiger partial charge in [0.15, 0.2) is 0 Å². The van der Waals surface area contributed by atoms with E-state index in [1.165, 1.54) is 141 Å². The molecule has 3 rings (SSSR count). The van der Waals surface area contributed by atoms with Crippen molar-refractivity contribution in [1.82, 2.24) is 37.2 Å². The summed E-state index contributed by atoms with van der Waals surface area (Å²) in [6, 6.07) is -0.633.